The Balaban J connectivity index is 0. The molecule has 0 heterocycles. The Kier molecular flexibility index (Phi) is 3640. The molecule has 0 fully saturated rings. The van der Waals surface area contributed by atoms with Crippen molar-refractivity contribution in [3.05, 3.63) is 0 Å². The molecule has 0 spiro atoms. The zero-order chi connectivity index (χ0) is 0. The van der Waals surface area contributed by atoms with Gasteiger partial charge in [-0.2, -0.15) is 0 Å². The van der Waals surface area contributed by atoms with Gasteiger partial charge in [-0.1, -0.05) is 0 Å². The van der Waals surface area contributed by atoms with Gasteiger partial charge < -0.3 is 16.4 Å². The molecular formula is HFO3U. The van der Waals surface area contributed by atoms with Crippen molar-refractivity contribution in [2.24, 2.45) is 0 Å². The quantitative estimate of drug-likeness (QED) is 0.593. The SMILES string of the molecule is F.[O-2].[O-2].[O-2].[U+6]. The molecule has 0 aromatic carbocycles. The molecule has 0 bridgehead atoms. The van der Waals surface area contributed by atoms with E-state index in [4.69, 9.17) is 0 Å². The molecule has 30 valence electrons. The summed E-state index contributed by atoms with van der Waals surface area (Å²) in [5.74, 6) is 0. The molecule has 0 saturated heterocycles. The molecule has 0 aromatic heterocycles. The fourth-order valence-electron chi connectivity index (χ4n) is 0. The molecule has 0 radical (unpaired) electrons. The average molecular weight is 306 g/mol. The van der Waals surface area contributed by atoms with E-state index in [0.717, 1.165) is 0 Å². The van der Waals surface area contributed by atoms with Gasteiger partial charge in [0.25, 0.3) is 0 Å². The maximum Gasteiger partial charge on any atom is 6.00 e. The predicted molar refractivity (Wildman–Crippen MR) is 4.56 cm³/mol. The van der Waals surface area contributed by atoms with E-state index in [9.17, 15) is 0 Å². The van der Waals surface area contributed by atoms with Crippen LogP contribution in [0.4, 0.5) is 4.70 Å². The van der Waals surface area contributed by atoms with Gasteiger partial charge >= 0.3 is 31.1 Å². The summed E-state index contributed by atoms with van der Waals surface area (Å²) in [5.41, 5.74) is 0. The van der Waals surface area contributed by atoms with Crippen LogP contribution in [-0.4, -0.2) is 0 Å². The Morgan fingerprint density at radius 2 is 0.600 bits per heavy atom. The molecule has 0 N–H and O–H groups in total. The van der Waals surface area contributed by atoms with Gasteiger partial charge in [-0.3, -0.25) is 4.70 Å². The molecule has 0 rings (SSSR count). The summed E-state index contributed by atoms with van der Waals surface area (Å²) in [7, 11) is 0. The molecule has 0 aromatic rings. The summed E-state index contributed by atoms with van der Waals surface area (Å²) >= 11 is 0. The molecule has 0 unspecified atom stereocenters. The first kappa shape index (κ1) is 187. The minimum Gasteiger partial charge on any atom is -2.00 e. The van der Waals surface area contributed by atoms with Gasteiger partial charge in [-0.25, -0.2) is 0 Å². The van der Waals surface area contributed by atoms with Crippen molar-refractivity contribution in [2.75, 3.05) is 0 Å². The van der Waals surface area contributed by atoms with Crippen LogP contribution in [0.5, 0.6) is 0 Å². The van der Waals surface area contributed by atoms with Gasteiger partial charge in [0.2, 0.25) is 0 Å². The topological polar surface area (TPSA) is 85.5 Å². The molecule has 0 aliphatic rings. The standard InChI is InChI=1S/FH.3O.U/h1H;;;;/q;3*-2;+6. The van der Waals surface area contributed by atoms with Crippen LogP contribution >= 0.6 is 0 Å². The summed E-state index contributed by atoms with van der Waals surface area (Å²) in [6.45, 7) is 0. The number of rotatable bonds is 0. The predicted octanol–water partition coefficient (Wildman–Crippen LogP) is -0.204. The molecule has 0 amide bonds. The normalized spacial score (nSPS) is 0. The second-order valence-electron chi connectivity index (χ2n) is 0. The smallest absolute Gasteiger partial charge is 2.00 e. The molecule has 3 nitrogen and oxygen atoms in total. The Morgan fingerprint density at radius 3 is 0.600 bits per heavy atom. The van der Waals surface area contributed by atoms with Crippen LogP contribution in [-0.2, 0) is 16.4 Å². The van der Waals surface area contributed by atoms with Crippen LogP contribution in [0.15, 0.2) is 0 Å². The van der Waals surface area contributed by atoms with E-state index >= 15 is 0 Å². The third-order valence-electron chi connectivity index (χ3n) is 0. The van der Waals surface area contributed by atoms with Crippen molar-refractivity contribution in [1.29, 1.82) is 0 Å². The molecule has 0 saturated carbocycles. The van der Waals surface area contributed by atoms with Crippen molar-refractivity contribution in [3.8, 4) is 0 Å². The van der Waals surface area contributed by atoms with Gasteiger partial charge in [0.15, 0.2) is 0 Å². The third-order valence-corrected chi connectivity index (χ3v) is 0. The number of halogens is 1. The Morgan fingerprint density at radius 1 is 0.600 bits per heavy atom. The van der Waals surface area contributed by atoms with Crippen LogP contribution in [0.3, 0.4) is 0 Å². The Hall–Kier alpha value is 0.862. The second-order valence-corrected chi connectivity index (χ2v) is 0. The fourth-order valence-corrected chi connectivity index (χ4v) is 0. The molecule has 5 heteroatoms. The molecular weight excluding hydrogens is 305 g/mol. The van der Waals surface area contributed by atoms with Crippen LogP contribution in [0.1, 0.15) is 0 Å². The molecule has 0 aliphatic carbocycles. The Labute approximate surface area is 52.4 Å². The molecule has 0 aliphatic heterocycles. The van der Waals surface area contributed by atoms with Crippen LogP contribution < -0.4 is 0 Å². The number of hydrogen-bond donors (Lipinski definition) is 0. The van der Waals surface area contributed by atoms with E-state index in [-0.39, 0.29) is 52.2 Å². The summed E-state index contributed by atoms with van der Waals surface area (Å²) in [5, 5.41) is 0. The van der Waals surface area contributed by atoms with Gasteiger partial charge in [-0.15, -0.1) is 0 Å². The summed E-state index contributed by atoms with van der Waals surface area (Å²) in [4.78, 5) is 0. The second kappa shape index (κ2) is 97.6. The third kappa shape index (κ3) is 53.6. The van der Waals surface area contributed by atoms with Crippen molar-refractivity contribution in [2.45, 2.75) is 0 Å². The van der Waals surface area contributed by atoms with E-state index in [1.807, 2.05) is 0 Å². The minimum atomic E-state index is 0. The maximum absolute atomic E-state index is 0. The first-order valence-corrected chi connectivity index (χ1v) is 0. The van der Waals surface area contributed by atoms with Crippen molar-refractivity contribution < 1.29 is 52.2 Å². The van der Waals surface area contributed by atoms with E-state index in [1.165, 1.54) is 0 Å². The van der Waals surface area contributed by atoms with E-state index in [2.05, 4.69) is 0 Å². The zero-order valence-electron chi connectivity index (χ0n) is 2.13. The van der Waals surface area contributed by atoms with Crippen LogP contribution in [0, 0.1) is 31.1 Å². The molecule has 5 heavy (non-hydrogen) atoms. The van der Waals surface area contributed by atoms with Crippen LogP contribution in [0.2, 0.25) is 0 Å². The van der Waals surface area contributed by atoms with E-state index < -0.39 is 0 Å². The first-order valence-electron chi connectivity index (χ1n) is 0. The van der Waals surface area contributed by atoms with Gasteiger partial charge in [0.05, 0.1) is 0 Å². The zero-order valence-corrected chi connectivity index (χ0v) is 6.30. The monoisotopic (exact) mass is 306 g/mol. The maximum atomic E-state index is 0. The summed E-state index contributed by atoms with van der Waals surface area (Å²) in [6, 6.07) is 0. The largest absolute Gasteiger partial charge is 6.00 e. The summed E-state index contributed by atoms with van der Waals surface area (Å²) < 4.78 is 0. The van der Waals surface area contributed by atoms with Crippen molar-refractivity contribution >= 4 is 0 Å². The van der Waals surface area contributed by atoms with Crippen molar-refractivity contribution in [1.82, 2.24) is 0 Å². The first-order chi connectivity index (χ1) is 0. The number of hydrogen-bond acceptors (Lipinski definition) is 0. The Bertz CT molecular complexity index is 6.85. The summed E-state index contributed by atoms with van der Waals surface area (Å²) in [6.07, 6.45) is 0. The minimum absolute atomic E-state index is 0. The van der Waals surface area contributed by atoms with E-state index in [0.29, 0.717) is 0 Å². The van der Waals surface area contributed by atoms with Gasteiger partial charge in [0.1, 0.15) is 0 Å². The molecule has 0 atom stereocenters. The van der Waals surface area contributed by atoms with Gasteiger partial charge in [0, 0.05) is 0 Å². The van der Waals surface area contributed by atoms with Gasteiger partial charge in [-0.05, 0) is 0 Å². The fraction of sp³-hybridized carbons (Fsp3) is 0. The van der Waals surface area contributed by atoms with E-state index in [1.54, 1.807) is 0 Å². The van der Waals surface area contributed by atoms with Crippen molar-refractivity contribution in [3.63, 3.8) is 0 Å². The van der Waals surface area contributed by atoms with Crippen LogP contribution in [0.25, 0.3) is 0 Å². The average Bonchev–Trinajstić information content (AvgIpc) is 0.